The summed E-state index contributed by atoms with van der Waals surface area (Å²) in [4.78, 5) is 16.6. The number of aryl methyl sites for hydroxylation is 1. The van der Waals surface area contributed by atoms with Crippen LogP contribution in [0.25, 0.3) is 0 Å². The number of ether oxygens (including phenoxy) is 1. The van der Waals surface area contributed by atoms with Crippen molar-refractivity contribution < 1.29 is 9.53 Å². The van der Waals surface area contributed by atoms with Crippen molar-refractivity contribution in [3.63, 3.8) is 0 Å². The maximum atomic E-state index is 12.4. The van der Waals surface area contributed by atoms with Crippen molar-refractivity contribution in [3.8, 4) is 0 Å². The highest BCUT2D eigenvalue weighted by Crippen LogP contribution is 2.17. The van der Waals surface area contributed by atoms with E-state index in [1.54, 1.807) is 0 Å². The van der Waals surface area contributed by atoms with E-state index >= 15 is 0 Å². The van der Waals surface area contributed by atoms with Gasteiger partial charge < -0.3 is 10.1 Å². The van der Waals surface area contributed by atoms with E-state index in [0.29, 0.717) is 19.6 Å². The first-order valence-corrected chi connectivity index (χ1v) is 7.46. The standard InChI is InChI=1S/C14H24N4O2/c1-3-5-15-12-9-20-8-11(12)13(19)7-14-16-10-17-18(14)6-4-2/h10-12,15H,3-9H2,1-2H3. The van der Waals surface area contributed by atoms with E-state index in [-0.39, 0.29) is 17.7 Å². The number of nitrogens with zero attached hydrogens (tertiary/aromatic N) is 3. The Kier molecular flexibility index (Phi) is 5.67. The molecule has 1 fully saturated rings. The van der Waals surface area contributed by atoms with E-state index in [1.807, 2.05) is 4.68 Å². The van der Waals surface area contributed by atoms with E-state index < -0.39 is 0 Å². The van der Waals surface area contributed by atoms with E-state index in [0.717, 1.165) is 31.8 Å². The first-order chi connectivity index (χ1) is 9.76. The Morgan fingerprint density at radius 2 is 2.30 bits per heavy atom. The molecule has 0 bridgehead atoms. The van der Waals surface area contributed by atoms with Crippen LogP contribution < -0.4 is 5.32 Å². The molecule has 0 aliphatic carbocycles. The van der Waals surface area contributed by atoms with Crippen molar-refractivity contribution in [1.82, 2.24) is 20.1 Å². The van der Waals surface area contributed by atoms with Crippen LogP contribution in [0.15, 0.2) is 6.33 Å². The van der Waals surface area contributed by atoms with Crippen LogP contribution in [0.5, 0.6) is 0 Å². The lowest BCUT2D eigenvalue weighted by Gasteiger charge is -2.17. The van der Waals surface area contributed by atoms with Gasteiger partial charge in [-0.1, -0.05) is 13.8 Å². The van der Waals surface area contributed by atoms with Gasteiger partial charge in [-0.05, 0) is 19.4 Å². The van der Waals surface area contributed by atoms with Gasteiger partial charge in [0.15, 0.2) is 0 Å². The van der Waals surface area contributed by atoms with Gasteiger partial charge >= 0.3 is 0 Å². The minimum Gasteiger partial charge on any atom is -0.379 e. The van der Waals surface area contributed by atoms with Crippen LogP contribution in [0.4, 0.5) is 0 Å². The molecular weight excluding hydrogens is 256 g/mol. The van der Waals surface area contributed by atoms with Crippen LogP contribution in [-0.2, 0) is 22.5 Å². The van der Waals surface area contributed by atoms with Crippen molar-refractivity contribution in [2.75, 3.05) is 19.8 Å². The van der Waals surface area contributed by atoms with Gasteiger partial charge in [0.1, 0.15) is 17.9 Å². The number of nitrogens with one attached hydrogen (secondary N) is 1. The Morgan fingerprint density at radius 3 is 3.05 bits per heavy atom. The second kappa shape index (κ2) is 7.50. The summed E-state index contributed by atoms with van der Waals surface area (Å²) in [5, 5.41) is 7.55. The Bertz CT molecular complexity index is 433. The molecule has 6 nitrogen and oxygen atoms in total. The molecule has 1 aromatic rings. The monoisotopic (exact) mass is 280 g/mol. The Balaban J connectivity index is 1.94. The number of aromatic nitrogens is 3. The van der Waals surface area contributed by atoms with Gasteiger partial charge in [0.25, 0.3) is 0 Å². The summed E-state index contributed by atoms with van der Waals surface area (Å²) < 4.78 is 7.28. The number of Topliss-reactive ketones (excluding diaryl/α,β-unsaturated/α-hetero) is 1. The molecule has 2 unspecified atom stereocenters. The lowest BCUT2D eigenvalue weighted by molar-refractivity contribution is -0.122. The number of hydrogen-bond donors (Lipinski definition) is 1. The normalized spacial score (nSPS) is 22.3. The molecule has 2 rings (SSSR count). The summed E-state index contributed by atoms with van der Waals surface area (Å²) in [6.45, 7) is 7.07. The van der Waals surface area contributed by atoms with E-state index in [1.165, 1.54) is 6.33 Å². The summed E-state index contributed by atoms with van der Waals surface area (Å²) in [6, 6.07) is 0.144. The maximum Gasteiger partial charge on any atom is 0.147 e. The highest BCUT2D eigenvalue weighted by molar-refractivity contribution is 5.83. The van der Waals surface area contributed by atoms with Crippen molar-refractivity contribution in [2.45, 2.75) is 45.7 Å². The Hall–Kier alpha value is -1.27. The zero-order chi connectivity index (χ0) is 14.4. The quantitative estimate of drug-likeness (QED) is 0.763. The molecule has 1 saturated heterocycles. The molecule has 0 spiro atoms. The van der Waals surface area contributed by atoms with Gasteiger partial charge in [-0.2, -0.15) is 5.10 Å². The lowest BCUT2D eigenvalue weighted by Crippen LogP contribution is -2.40. The average molecular weight is 280 g/mol. The zero-order valence-corrected chi connectivity index (χ0v) is 12.3. The third-order valence-corrected chi connectivity index (χ3v) is 3.61. The van der Waals surface area contributed by atoms with E-state index in [2.05, 4.69) is 29.2 Å². The van der Waals surface area contributed by atoms with Crippen LogP contribution in [0.1, 0.15) is 32.5 Å². The third-order valence-electron chi connectivity index (χ3n) is 3.61. The molecule has 20 heavy (non-hydrogen) atoms. The Morgan fingerprint density at radius 1 is 1.45 bits per heavy atom. The molecule has 0 saturated carbocycles. The van der Waals surface area contributed by atoms with Gasteiger partial charge in [-0.15, -0.1) is 0 Å². The highest BCUT2D eigenvalue weighted by atomic mass is 16.5. The minimum atomic E-state index is -0.0617. The van der Waals surface area contributed by atoms with Gasteiger partial charge in [-0.25, -0.2) is 9.67 Å². The average Bonchev–Trinajstić information content (AvgIpc) is 3.06. The highest BCUT2D eigenvalue weighted by Gasteiger charge is 2.33. The first kappa shape index (κ1) is 15.1. The van der Waals surface area contributed by atoms with Crippen LogP contribution in [0.2, 0.25) is 0 Å². The van der Waals surface area contributed by atoms with Crippen molar-refractivity contribution in [3.05, 3.63) is 12.2 Å². The molecule has 0 radical (unpaired) electrons. The maximum absolute atomic E-state index is 12.4. The second-order valence-corrected chi connectivity index (χ2v) is 5.25. The van der Waals surface area contributed by atoms with Gasteiger partial charge in [0.05, 0.1) is 25.6 Å². The lowest BCUT2D eigenvalue weighted by atomic mass is 9.96. The molecule has 0 aromatic carbocycles. The van der Waals surface area contributed by atoms with Crippen molar-refractivity contribution >= 4 is 5.78 Å². The number of hydrogen-bond acceptors (Lipinski definition) is 5. The van der Waals surface area contributed by atoms with Gasteiger partial charge in [0, 0.05) is 12.6 Å². The molecule has 2 heterocycles. The van der Waals surface area contributed by atoms with Crippen molar-refractivity contribution in [2.24, 2.45) is 5.92 Å². The first-order valence-electron chi connectivity index (χ1n) is 7.46. The smallest absolute Gasteiger partial charge is 0.147 e. The predicted octanol–water partition coefficient (Wildman–Crippen LogP) is 0.814. The summed E-state index contributed by atoms with van der Waals surface area (Å²) in [5.41, 5.74) is 0. The molecule has 112 valence electrons. The van der Waals surface area contributed by atoms with Crippen LogP contribution in [0, 0.1) is 5.92 Å². The minimum absolute atomic E-state index is 0.0617. The summed E-state index contributed by atoms with van der Waals surface area (Å²) in [7, 11) is 0. The fraction of sp³-hybridized carbons (Fsp3) is 0.786. The van der Waals surface area contributed by atoms with Crippen molar-refractivity contribution in [1.29, 1.82) is 0 Å². The number of carbonyl (C=O) groups is 1. The topological polar surface area (TPSA) is 69.0 Å². The van der Waals surface area contributed by atoms with E-state index in [9.17, 15) is 4.79 Å². The fourth-order valence-electron chi connectivity index (χ4n) is 2.51. The van der Waals surface area contributed by atoms with Crippen LogP contribution >= 0.6 is 0 Å². The molecule has 0 amide bonds. The summed E-state index contributed by atoms with van der Waals surface area (Å²) >= 11 is 0. The van der Waals surface area contributed by atoms with E-state index in [4.69, 9.17) is 4.74 Å². The molecule has 1 aromatic heterocycles. The molecule has 6 heteroatoms. The third kappa shape index (κ3) is 3.64. The molecular formula is C14H24N4O2. The number of rotatable bonds is 8. The Labute approximate surface area is 119 Å². The molecule has 1 aliphatic heterocycles. The number of carbonyl (C=O) groups excluding carboxylic acids is 1. The molecule has 2 atom stereocenters. The second-order valence-electron chi connectivity index (χ2n) is 5.25. The van der Waals surface area contributed by atoms with Crippen LogP contribution in [-0.4, -0.2) is 46.3 Å². The molecule has 1 aliphatic rings. The summed E-state index contributed by atoms with van der Waals surface area (Å²) in [5.74, 6) is 0.896. The number of ketones is 1. The van der Waals surface area contributed by atoms with Gasteiger partial charge in [-0.3, -0.25) is 4.79 Å². The largest absolute Gasteiger partial charge is 0.379 e. The van der Waals surface area contributed by atoms with Crippen LogP contribution in [0.3, 0.4) is 0 Å². The SMILES string of the molecule is CCCNC1COCC1C(=O)Cc1ncnn1CCC. The summed E-state index contributed by atoms with van der Waals surface area (Å²) in [6.07, 6.45) is 3.91. The van der Waals surface area contributed by atoms with Gasteiger partial charge in [0.2, 0.25) is 0 Å². The predicted molar refractivity (Wildman–Crippen MR) is 75.4 cm³/mol. The zero-order valence-electron chi connectivity index (χ0n) is 12.3. The fourth-order valence-corrected chi connectivity index (χ4v) is 2.51. The molecule has 1 N–H and O–H groups in total.